The lowest BCUT2D eigenvalue weighted by molar-refractivity contribution is 0.206. The van der Waals surface area contributed by atoms with Crippen LogP contribution in [0.4, 0.5) is 0 Å². The van der Waals surface area contributed by atoms with Crippen LogP contribution in [0.1, 0.15) is 19.8 Å². The third-order valence-corrected chi connectivity index (χ3v) is 8.22. The molecule has 0 amide bonds. The zero-order valence-corrected chi connectivity index (χ0v) is 16.2. The van der Waals surface area contributed by atoms with Crippen LogP contribution in [0.3, 0.4) is 0 Å². The Morgan fingerprint density at radius 3 is 2.96 bits per heavy atom. The number of thioether (sulfide) groups is 1. The van der Waals surface area contributed by atoms with Gasteiger partial charge in [-0.05, 0) is 37.0 Å². The van der Waals surface area contributed by atoms with Gasteiger partial charge in [-0.25, -0.2) is 8.42 Å². The van der Waals surface area contributed by atoms with E-state index in [9.17, 15) is 13.5 Å². The van der Waals surface area contributed by atoms with Gasteiger partial charge in [0, 0.05) is 18.3 Å². The van der Waals surface area contributed by atoms with Gasteiger partial charge in [-0.3, -0.25) is 4.99 Å². The summed E-state index contributed by atoms with van der Waals surface area (Å²) in [6, 6.07) is 3.25. The van der Waals surface area contributed by atoms with Gasteiger partial charge in [-0.15, -0.1) is 11.3 Å². The number of rotatable bonds is 8. The molecule has 0 radical (unpaired) electrons. The van der Waals surface area contributed by atoms with Crippen molar-refractivity contribution < 1.29 is 13.5 Å². The zero-order chi connectivity index (χ0) is 17.4. The van der Waals surface area contributed by atoms with Crippen molar-refractivity contribution in [2.75, 3.05) is 31.1 Å². The summed E-state index contributed by atoms with van der Waals surface area (Å²) in [5, 5.41) is 18.7. The number of hydrogen-bond acceptors (Lipinski definition) is 6. The van der Waals surface area contributed by atoms with Crippen LogP contribution in [0, 0.1) is 0 Å². The first-order valence-corrected chi connectivity index (χ1v) is 11.7. The molecule has 2 unspecified atom stereocenters. The number of aliphatic imine (C=N–C) groups is 1. The monoisotopic (exact) mass is 391 g/mol. The van der Waals surface area contributed by atoms with Gasteiger partial charge >= 0.3 is 0 Å². The lowest BCUT2D eigenvalue weighted by atomic mass is 10.2. The molecule has 3 N–H and O–H groups in total. The van der Waals surface area contributed by atoms with Crippen molar-refractivity contribution >= 4 is 38.9 Å². The van der Waals surface area contributed by atoms with Crippen LogP contribution >= 0.6 is 23.1 Å². The molecule has 0 aromatic carbocycles. The number of sulfone groups is 1. The maximum absolute atomic E-state index is 12.1. The second-order valence-electron chi connectivity index (χ2n) is 5.60. The van der Waals surface area contributed by atoms with Crippen LogP contribution in [0.25, 0.3) is 0 Å². The largest absolute Gasteiger partial charge is 0.390 e. The average molecular weight is 392 g/mol. The second kappa shape index (κ2) is 9.65. The van der Waals surface area contributed by atoms with E-state index >= 15 is 0 Å². The molecule has 1 saturated heterocycles. The Morgan fingerprint density at radius 1 is 1.50 bits per heavy atom. The number of guanidine groups is 1. The summed E-state index contributed by atoms with van der Waals surface area (Å²) in [4.78, 5) is 4.31. The van der Waals surface area contributed by atoms with Crippen molar-refractivity contribution in [3.63, 3.8) is 0 Å². The summed E-state index contributed by atoms with van der Waals surface area (Å²) in [6.07, 6.45) is 1.44. The Balaban J connectivity index is 1.85. The van der Waals surface area contributed by atoms with Crippen molar-refractivity contribution in [2.24, 2.45) is 4.99 Å². The smallest absolute Gasteiger partial charge is 0.191 e. The molecule has 1 aliphatic heterocycles. The molecule has 1 aromatic rings. The van der Waals surface area contributed by atoms with Crippen molar-refractivity contribution in [1.82, 2.24) is 10.6 Å². The molecule has 1 aromatic heterocycles. The first-order valence-electron chi connectivity index (χ1n) is 8.09. The van der Waals surface area contributed by atoms with Crippen LogP contribution in [0.15, 0.2) is 26.7 Å². The van der Waals surface area contributed by atoms with Gasteiger partial charge < -0.3 is 15.7 Å². The Hall–Kier alpha value is -0.770. The number of nitrogens with zero attached hydrogens (tertiary/aromatic N) is 1. The Bertz CT molecular complexity index is 611. The van der Waals surface area contributed by atoms with Gasteiger partial charge in [0.15, 0.2) is 15.8 Å². The highest BCUT2D eigenvalue weighted by atomic mass is 32.2. The van der Waals surface area contributed by atoms with Crippen LogP contribution < -0.4 is 10.6 Å². The van der Waals surface area contributed by atoms with E-state index in [1.165, 1.54) is 18.6 Å². The predicted octanol–water partition coefficient (Wildman–Crippen LogP) is 1.33. The van der Waals surface area contributed by atoms with E-state index in [0.29, 0.717) is 17.8 Å². The second-order valence-corrected chi connectivity index (χ2v) is 10.2. The number of thiophene rings is 1. The van der Waals surface area contributed by atoms with E-state index in [2.05, 4.69) is 15.6 Å². The van der Waals surface area contributed by atoms with E-state index in [1.807, 2.05) is 18.7 Å². The number of aliphatic hydroxyl groups excluding tert-OH is 1. The van der Waals surface area contributed by atoms with Crippen LogP contribution in [0.2, 0.25) is 0 Å². The van der Waals surface area contributed by atoms with Gasteiger partial charge in [-0.2, -0.15) is 11.8 Å². The van der Waals surface area contributed by atoms with E-state index in [0.717, 1.165) is 17.9 Å². The molecule has 2 heterocycles. The van der Waals surface area contributed by atoms with Gasteiger partial charge in [0.2, 0.25) is 0 Å². The minimum Gasteiger partial charge on any atom is -0.390 e. The molecular formula is C15H25N3O3S3. The Kier molecular flexibility index (Phi) is 7.86. The molecule has 6 nitrogen and oxygen atoms in total. The van der Waals surface area contributed by atoms with Crippen LogP contribution in [-0.2, 0) is 9.84 Å². The third-order valence-electron chi connectivity index (χ3n) is 3.54. The summed E-state index contributed by atoms with van der Waals surface area (Å²) >= 11 is 3.13. The van der Waals surface area contributed by atoms with Gasteiger partial charge in [0.05, 0.1) is 18.4 Å². The minimum atomic E-state index is -3.45. The third kappa shape index (κ3) is 6.27. The fraction of sp³-hybridized carbons (Fsp3) is 0.667. The quantitative estimate of drug-likeness (QED) is 0.458. The fourth-order valence-corrected chi connectivity index (χ4v) is 6.05. The highest BCUT2D eigenvalue weighted by Crippen LogP contribution is 2.25. The molecule has 0 spiro atoms. The first-order chi connectivity index (χ1) is 11.5. The van der Waals surface area contributed by atoms with Crippen molar-refractivity contribution in [1.29, 1.82) is 0 Å². The van der Waals surface area contributed by atoms with E-state index in [-0.39, 0.29) is 16.5 Å². The summed E-state index contributed by atoms with van der Waals surface area (Å²) in [7, 11) is -3.45. The average Bonchev–Trinajstić information content (AvgIpc) is 3.22. The first kappa shape index (κ1) is 19.6. The number of aliphatic hydroxyl groups is 1. The maximum atomic E-state index is 12.1. The summed E-state index contributed by atoms with van der Waals surface area (Å²) in [6.45, 7) is 3.57. The SMILES string of the molecule is CCNC(=NCC(O)CS(=O)(=O)c1cccs1)NCC1CCCS1. The molecule has 24 heavy (non-hydrogen) atoms. The van der Waals surface area contributed by atoms with E-state index in [4.69, 9.17) is 0 Å². The van der Waals surface area contributed by atoms with Crippen molar-refractivity contribution in [3.05, 3.63) is 17.5 Å². The van der Waals surface area contributed by atoms with E-state index < -0.39 is 15.9 Å². The zero-order valence-electron chi connectivity index (χ0n) is 13.8. The number of hydrogen-bond donors (Lipinski definition) is 3. The Morgan fingerprint density at radius 2 is 2.33 bits per heavy atom. The fourth-order valence-electron chi connectivity index (χ4n) is 2.38. The lowest BCUT2D eigenvalue weighted by Gasteiger charge is -2.15. The van der Waals surface area contributed by atoms with Crippen LogP contribution in [0.5, 0.6) is 0 Å². The molecule has 0 aliphatic carbocycles. The normalized spacial score (nSPS) is 20.1. The summed E-state index contributed by atoms with van der Waals surface area (Å²) in [5.74, 6) is 1.52. The minimum absolute atomic E-state index is 0.0533. The molecular weight excluding hydrogens is 366 g/mol. The summed E-state index contributed by atoms with van der Waals surface area (Å²) < 4.78 is 24.6. The Labute approximate surface area is 152 Å². The molecule has 0 saturated carbocycles. The molecule has 136 valence electrons. The molecule has 9 heteroatoms. The van der Waals surface area contributed by atoms with Crippen molar-refractivity contribution in [2.45, 2.75) is 35.3 Å². The summed E-state index contributed by atoms with van der Waals surface area (Å²) in [5.41, 5.74) is 0. The van der Waals surface area contributed by atoms with E-state index in [1.54, 1.807) is 17.5 Å². The van der Waals surface area contributed by atoms with Gasteiger partial charge in [0.25, 0.3) is 0 Å². The standard InChI is InChI=1S/C15H25N3O3S3/c1-2-16-15(18-10-13-5-3-7-22-13)17-9-12(19)11-24(20,21)14-6-4-8-23-14/h4,6,8,12-13,19H,2-3,5,7,9-11H2,1H3,(H2,16,17,18). The molecule has 1 fully saturated rings. The predicted molar refractivity (Wildman–Crippen MR) is 102 cm³/mol. The molecule has 0 bridgehead atoms. The highest BCUT2D eigenvalue weighted by molar-refractivity contribution is 8.00. The topological polar surface area (TPSA) is 90.8 Å². The molecule has 1 aliphatic rings. The van der Waals surface area contributed by atoms with Gasteiger partial charge in [0.1, 0.15) is 4.21 Å². The van der Waals surface area contributed by atoms with Crippen molar-refractivity contribution in [3.8, 4) is 0 Å². The van der Waals surface area contributed by atoms with Gasteiger partial charge in [-0.1, -0.05) is 6.07 Å². The molecule has 2 rings (SSSR count). The lowest BCUT2D eigenvalue weighted by Crippen LogP contribution is -2.41. The number of nitrogens with one attached hydrogen (secondary N) is 2. The van der Waals surface area contributed by atoms with Crippen LogP contribution in [-0.4, -0.2) is 62.0 Å². The molecule has 2 atom stereocenters. The maximum Gasteiger partial charge on any atom is 0.191 e. The highest BCUT2D eigenvalue weighted by Gasteiger charge is 2.21.